The number of hydrazine groups is 1. The predicted molar refractivity (Wildman–Crippen MR) is 96.3 cm³/mol. The van der Waals surface area contributed by atoms with E-state index in [0.29, 0.717) is 40.3 Å². The minimum atomic E-state index is -0.613. The fraction of sp³-hybridized carbons (Fsp3) is 0.316. The van der Waals surface area contributed by atoms with Crippen molar-refractivity contribution in [1.29, 1.82) is 0 Å². The highest BCUT2D eigenvalue weighted by Gasteiger charge is 2.37. The molecule has 6 nitrogen and oxygen atoms in total. The van der Waals surface area contributed by atoms with E-state index in [2.05, 4.69) is 10.9 Å². The van der Waals surface area contributed by atoms with Crippen molar-refractivity contribution in [2.75, 3.05) is 0 Å². The van der Waals surface area contributed by atoms with Gasteiger partial charge >= 0.3 is 5.91 Å². The Morgan fingerprint density at radius 2 is 1.85 bits per heavy atom. The Bertz CT molecular complexity index is 914. The van der Waals surface area contributed by atoms with E-state index in [4.69, 9.17) is 16.0 Å². The summed E-state index contributed by atoms with van der Waals surface area (Å²) in [7, 11) is 0. The minimum absolute atomic E-state index is 0.0282. The van der Waals surface area contributed by atoms with Gasteiger partial charge in [0, 0.05) is 29.0 Å². The van der Waals surface area contributed by atoms with Crippen LogP contribution in [0.4, 0.5) is 0 Å². The molecule has 0 saturated carbocycles. The van der Waals surface area contributed by atoms with E-state index in [1.54, 1.807) is 25.1 Å². The molecule has 2 aromatic rings. The van der Waals surface area contributed by atoms with Gasteiger partial charge in [-0.25, -0.2) is 0 Å². The van der Waals surface area contributed by atoms with E-state index >= 15 is 0 Å². The van der Waals surface area contributed by atoms with Crippen molar-refractivity contribution in [2.45, 2.75) is 33.6 Å². The molecule has 26 heavy (non-hydrogen) atoms. The SMILES string of the molecule is Cc1c(C(=O)NNC(=O)c2cccc(Cl)c2)oc2c1C(=O)CC(C)(C)C2. The number of rotatable bonds is 2. The standard InChI is InChI=1S/C19H19ClN2O4/c1-10-15-13(23)8-19(2,3)9-14(15)26-16(10)18(25)22-21-17(24)11-5-4-6-12(20)7-11/h4-7H,8-9H2,1-3H3,(H,21,24)(H,22,25). The Morgan fingerprint density at radius 1 is 1.15 bits per heavy atom. The molecule has 7 heteroatoms. The van der Waals surface area contributed by atoms with Crippen LogP contribution in [0.2, 0.25) is 5.02 Å². The van der Waals surface area contributed by atoms with Gasteiger partial charge in [-0.05, 0) is 30.5 Å². The number of carbonyl (C=O) groups is 3. The number of hydrogen-bond acceptors (Lipinski definition) is 4. The van der Waals surface area contributed by atoms with E-state index in [-0.39, 0.29) is 17.0 Å². The zero-order valence-electron chi connectivity index (χ0n) is 14.7. The molecule has 1 aliphatic carbocycles. The summed E-state index contributed by atoms with van der Waals surface area (Å²) < 4.78 is 5.66. The van der Waals surface area contributed by atoms with Crippen LogP contribution in [0.5, 0.6) is 0 Å². The summed E-state index contributed by atoms with van der Waals surface area (Å²) in [6.45, 7) is 5.64. The molecule has 0 fully saturated rings. The number of nitrogens with one attached hydrogen (secondary N) is 2. The lowest BCUT2D eigenvalue weighted by molar-refractivity contribution is 0.0827. The Hall–Kier alpha value is -2.60. The number of fused-ring (bicyclic) bond motifs is 1. The van der Waals surface area contributed by atoms with Gasteiger partial charge in [0.15, 0.2) is 11.5 Å². The number of hydrogen-bond donors (Lipinski definition) is 2. The molecule has 2 N–H and O–H groups in total. The highest BCUT2D eigenvalue weighted by molar-refractivity contribution is 6.31. The molecule has 0 atom stereocenters. The zero-order valence-corrected chi connectivity index (χ0v) is 15.5. The van der Waals surface area contributed by atoms with Crippen LogP contribution in [0.25, 0.3) is 0 Å². The average Bonchev–Trinajstić information content (AvgIpc) is 2.87. The number of amides is 2. The van der Waals surface area contributed by atoms with Gasteiger partial charge in [-0.3, -0.25) is 25.2 Å². The van der Waals surface area contributed by atoms with Gasteiger partial charge in [0.25, 0.3) is 5.91 Å². The summed E-state index contributed by atoms with van der Waals surface area (Å²) in [4.78, 5) is 36.8. The summed E-state index contributed by atoms with van der Waals surface area (Å²) in [5.41, 5.74) is 5.72. The summed E-state index contributed by atoms with van der Waals surface area (Å²) in [5, 5.41) is 0.416. The Balaban J connectivity index is 1.75. The molecule has 0 bridgehead atoms. The zero-order chi connectivity index (χ0) is 19.1. The third kappa shape index (κ3) is 3.51. The third-order valence-electron chi connectivity index (χ3n) is 4.36. The molecule has 3 rings (SSSR count). The van der Waals surface area contributed by atoms with E-state index in [1.165, 1.54) is 6.07 Å². The molecule has 2 amide bonds. The summed E-state index contributed by atoms with van der Waals surface area (Å²) >= 11 is 5.85. The number of ketones is 1. The van der Waals surface area contributed by atoms with Crippen molar-refractivity contribution in [2.24, 2.45) is 5.41 Å². The van der Waals surface area contributed by atoms with Gasteiger partial charge in [0.1, 0.15) is 5.76 Å². The highest BCUT2D eigenvalue weighted by atomic mass is 35.5. The monoisotopic (exact) mass is 374 g/mol. The Labute approximate surface area is 155 Å². The van der Waals surface area contributed by atoms with Crippen LogP contribution in [0.1, 0.15) is 62.9 Å². The number of Topliss-reactive ketones (excluding diaryl/α,β-unsaturated/α-hetero) is 1. The van der Waals surface area contributed by atoms with E-state index in [0.717, 1.165) is 0 Å². The second-order valence-electron chi connectivity index (χ2n) is 7.21. The van der Waals surface area contributed by atoms with Crippen LogP contribution in [0.15, 0.2) is 28.7 Å². The molecule has 1 aliphatic rings. The van der Waals surface area contributed by atoms with Crippen LogP contribution in [-0.2, 0) is 6.42 Å². The molecule has 0 saturated heterocycles. The molecule has 0 aliphatic heterocycles. The van der Waals surface area contributed by atoms with Gasteiger partial charge in [0.2, 0.25) is 0 Å². The summed E-state index contributed by atoms with van der Waals surface area (Å²) in [5.74, 6) is -0.591. The van der Waals surface area contributed by atoms with Crippen molar-refractivity contribution in [3.8, 4) is 0 Å². The van der Waals surface area contributed by atoms with Gasteiger partial charge in [-0.1, -0.05) is 31.5 Å². The fourth-order valence-corrected chi connectivity index (χ4v) is 3.36. The minimum Gasteiger partial charge on any atom is -0.455 e. The lowest BCUT2D eigenvalue weighted by atomic mass is 9.76. The third-order valence-corrected chi connectivity index (χ3v) is 4.59. The number of carbonyl (C=O) groups excluding carboxylic acids is 3. The Morgan fingerprint density at radius 3 is 2.54 bits per heavy atom. The first kappa shape index (κ1) is 18.2. The van der Waals surface area contributed by atoms with Gasteiger partial charge in [0.05, 0.1) is 5.56 Å². The summed E-state index contributed by atoms with van der Waals surface area (Å²) in [6.07, 6.45) is 0.990. The molecular formula is C19H19ClN2O4. The molecule has 0 spiro atoms. The first-order valence-corrected chi connectivity index (χ1v) is 8.57. The number of halogens is 1. The van der Waals surface area contributed by atoms with Crippen LogP contribution >= 0.6 is 11.6 Å². The molecular weight excluding hydrogens is 356 g/mol. The van der Waals surface area contributed by atoms with Crippen LogP contribution < -0.4 is 10.9 Å². The largest absolute Gasteiger partial charge is 0.455 e. The van der Waals surface area contributed by atoms with Gasteiger partial charge in [-0.2, -0.15) is 0 Å². The topological polar surface area (TPSA) is 88.4 Å². The lowest BCUT2D eigenvalue weighted by Gasteiger charge is -2.27. The number of furan rings is 1. The maximum Gasteiger partial charge on any atom is 0.305 e. The second-order valence-corrected chi connectivity index (χ2v) is 7.65. The predicted octanol–water partition coefficient (Wildman–Crippen LogP) is 3.47. The molecule has 0 unspecified atom stereocenters. The molecule has 0 radical (unpaired) electrons. The van der Waals surface area contributed by atoms with Crippen LogP contribution in [0, 0.1) is 12.3 Å². The van der Waals surface area contributed by atoms with Crippen molar-refractivity contribution < 1.29 is 18.8 Å². The highest BCUT2D eigenvalue weighted by Crippen LogP contribution is 2.38. The molecule has 136 valence electrons. The van der Waals surface area contributed by atoms with Crippen molar-refractivity contribution in [1.82, 2.24) is 10.9 Å². The van der Waals surface area contributed by atoms with Crippen LogP contribution in [-0.4, -0.2) is 17.6 Å². The van der Waals surface area contributed by atoms with Gasteiger partial charge in [-0.15, -0.1) is 0 Å². The first-order valence-electron chi connectivity index (χ1n) is 8.20. The quantitative estimate of drug-likeness (QED) is 0.788. The van der Waals surface area contributed by atoms with Crippen molar-refractivity contribution >= 4 is 29.2 Å². The van der Waals surface area contributed by atoms with Crippen LogP contribution in [0.3, 0.4) is 0 Å². The maximum absolute atomic E-state index is 12.4. The molecule has 1 aromatic carbocycles. The maximum atomic E-state index is 12.4. The second kappa shape index (κ2) is 6.61. The van der Waals surface area contributed by atoms with E-state index in [9.17, 15) is 14.4 Å². The first-order chi connectivity index (χ1) is 12.2. The normalized spacial score (nSPS) is 15.3. The van der Waals surface area contributed by atoms with E-state index < -0.39 is 11.8 Å². The lowest BCUT2D eigenvalue weighted by Crippen LogP contribution is -2.41. The van der Waals surface area contributed by atoms with Crippen molar-refractivity contribution in [3.05, 3.63) is 57.5 Å². The average molecular weight is 375 g/mol. The van der Waals surface area contributed by atoms with Gasteiger partial charge < -0.3 is 4.42 Å². The number of benzene rings is 1. The summed E-state index contributed by atoms with van der Waals surface area (Å²) in [6, 6.07) is 6.34. The smallest absolute Gasteiger partial charge is 0.305 e. The van der Waals surface area contributed by atoms with Crippen molar-refractivity contribution in [3.63, 3.8) is 0 Å². The molecule has 1 aromatic heterocycles. The fourth-order valence-electron chi connectivity index (χ4n) is 3.17. The molecule has 1 heterocycles. The Kier molecular flexibility index (Phi) is 4.63. The van der Waals surface area contributed by atoms with E-state index in [1.807, 2.05) is 13.8 Å².